The van der Waals surface area contributed by atoms with Crippen molar-refractivity contribution in [2.75, 3.05) is 11.9 Å². The van der Waals surface area contributed by atoms with Crippen LogP contribution in [0.15, 0.2) is 42.5 Å². The predicted octanol–water partition coefficient (Wildman–Crippen LogP) is 5.32. The molecular weight excluding hydrogens is 380 g/mol. The van der Waals surface area contributed by atoms with Crippen molar-refractivity contribution < 1.29 is 22.4 Å². The highest BCUT2D eigenvalue weighted by Gasteiger charge is 2.50. The van der Waals surface area contributed by atoms with E-state index < -0.39 is 30.1 Å². The lowest BCUT2D eigenvalue weighted by Gasteiger charge is -2.48. The Morgan fingerprint density at radius 1 is 1.15 bits per heavy atom. The van der Waals surface area contributed by atoms with Crippen LogP contribution in [0.4, 0.5) is 28.0 Å². The van der Waals surface area contributed by atoms with Gasteiger partial charge in [-0.3, -0.25) is 0 Å². The number of halogens is 4. The molecule has 3 nitrogen and oxygen atoms in total. The monoisotopic (exact) mass is 398 g/mol. The number of alkyl halides is 3. The second-order valence-corrected chi connectivity index (χ2v) is 6.71. The summed E-state index contributed by atoms with van der Waals surface area (Å²) in [6, 6.07) is 9.70. The molecular formula is C19H18F4N2OS. The largest absolute Gasteiger partial charge is 0.406 e. The number of carbonyl (C=O) groups is 1. The number of benzene rings is 2. The standard InChI is InChI=1S/C19H18F4N2OS/c1-2-18(13-5-3-12(10-27)4-6-13)15-9-14(20)7-8-16(15)24-17(26)25(18)11-19(21,22)23/h3-9,27H,2,10-11H2,1H3,(H,24,26). The van der Waals surface area contributed by atoms with E-state index in [0.29, 0.717) is 22.6 Å². The molecule has 0 fully saturated rings. The third-order valence-electron chi connectivity index (χ3n) is 4.84. The molecule has 1 aliphatic rings. The van der Waals surface area contributed by atoms with Gasteiger partial charge in [0.05, 0.1) is 5.54 Å². The van der Waals surface area contributed by atoms with E-state index in [1.807, 2.05) is 0 Å². The summed E-state index contributed by atoms with van der Waals surface area (Å²) in [5, 5.41) is 2.45. The molecule has 0 radical (unpaired) electrons. The third-order valence-corrected chi connectivity index (χ3v) is 5.20. The van der Waals surface area contributed by atoms with Crippen LogP contribution in [0.5, 0.6) is 0 Å². The molecule has 1 aliphatic heterocycles. The fraction of sp³-hybridized carbons (Fsp3) is 0.316. The SMILES string of the molecule is CCC1(c2ccc(CS)cc2)c2cc(F)ccc2NC(=O)N1CC(F)(F)F. The summed E-state index contributed by atoms with van der Waals surface area (Å²) in [5.74, 6) is -0.112. The van der Waals surface area contributed by atoms with Crippen molar-refractivity contribution in [3.05, 3.63) is 65.0 Å². The van der Waals surface area contributed by atoms with E-state index in [-0.39, 0.29) is 6.42 Å². The Balaban J connectivity index is 2.28. The molecule has 0 aliphatic carbocycles. The molecule has 144 valence electrons. The average Bonchev–Trinajstić information content (AvgIpc) is 2.62. The van der Waals surface area contributed by atoms with Crippen molar-refractivity contribution in [1.29, 1.82) is 0 Å². The number of nitrogens with one attached hydrogen (secondary N) is 1. The van der Waals surface area contributed by atoms with Crippen LogP contribution < -0.4 is 5.32 Å². The average molecular weight is 398 g/mol. The van der Waals surface area contributed by atoms with Gasteiger partial charge in [0.25, 0.3) is 0 Å². The van der Waals surface area contributed by atoms with E-state index in [0.717, 1.165) is 10.5 Å². The summed E-state index contributed by atoms with van der Waals surface area (Å²) in [6.45, 7) is 0.236. The Hall–Kier alpha value is -2.22. The van der Waals surface area contributed by atoms with Crippen molar-refractivity contribution in [3.8, 4) is 0 Å². The molecule has 2 amide bonds. The molecule has 1 N–H and O–H groups in total. The van der Waals surface area contributed by atoms with Gasteiger partial charge in [0.15, 0.2) is 0 Å². The number of anilines is 1. The van der Waals surface area contributed by atoms with E-state index in [1.54, 1.807) is 31.2 Å². The van der Waals surface area contributed by atoms with Gasteiger partial charge in [0.2, 0.25) is 0 Å². The van der Waals surface area contributed by atoms with Gasteiger partial charge < -0.3 is 10.2 Å². The predicted molar refractivity (Wildman–Crippen MR) is 98.4 cm³/mol. The summed E-state index contributed by atoms with van der Waals surface area (Å²) in [5.41, 5.74) is 0.536. The summed E-state index contributed by atoms with van der Waals surface area (Å²) in [6.07, 6.45) is -4.46. The number of amides is 2. The smallest absolute Gasteiger partial charge is 0.307 e. The van der Waals surface area contributed by atoms with E-state index in [4.69, 9.17) is 0 Å². The zero-order valence-electron chi connectivity index (χ0n) is 14.5. The van der Waals surface area contributed by atoms with E-state index in [9.17, 15) is 22.4 Å². The normalized spacial score (nSPS) is 19.6. The molecule has 0 bridgehead atoms. The molecule has 27 heavy (non-hydrogen) atoms. The Kier molecular flexibility index (Phi) is 5.12. The van der Waals surface area contributed by atoms with Crippen molar-refractivity contribution in [2.24, 2.45) is 0 Å². The van der Waals surface area contributed by atoms with Crippen molar-refractivity contribution in [1.82, 2.24) is 4.90 Å². The first-order valence-corrected chi connectivity index (χ1v) is 9.00. The molecule has 0 aromatic heterocycles. The van der Waals surface area contributed by atoms with E-state index >= 15 is 0 Å². The van der Waals surface area contributed by atoms with Gasteiger partial charge in [-0.05, 0) is 35.7 Å². The highest BCUT2D eigenvalue weighted by Crippen LogP contribution is 2.47. The minimum absolute atomic E-state index is 0.146. The first-order valence-electron chi connectivity index (χ1n) is 8.37. The van der Waals surface area contributed by atoms with Gasteiger partial charge in [-0.1, -0.05) is 31.2 Å². The Morgan fingerprint density at radius 2 is 1.81 bits per heavy atom. The van der Waals surface area contributed by atoms with Crippen LogP contribution in [0.25, 0.3) is 0 Å². The molecule has 1 heterocycles. The van der Waals surface area contributed by atoms with Crippen LogP contribution in [0, 0.1) is 5.82 Å². The summed E-state index contributed by atoms with van der Waals surface area (Å²) >= 11 is 4.19. The van der Waals surface area contributed by atoms with E-state index in [1.165, 1.54) is 18.2 Å². The topological polar surface area (TPSA) is 32.3 Å². The molecule has 3 rings (SSSR count). The maximum atomic E-state index is 14.0. The molecule has 0 spiro atoms. The number of nitrogens with zero attached hydrogens (tertiary/aromatic N) is 1. The number of rotatable bonds is 4. The van der Waals surface area contributed by atoms with Crippen molar-refractivity contribution in [3.63, 3.8) is 0 Å². The molecule has 2 aromatic carbocycles. The zero-order chi connectivity index (χ0) is 19.8. The number of hydrogen-bond acceptors (Lipinski definition) is 2. The fourth-order valence-corrected chi connectivity index (χ4v) is 3.85. The highest BCUT2D eigenvalue weighted by molar-refractivity contribution is 7.79. The maximum absolute atomic E-state index is 14.0. The number of carbonyl (C=O) groups excluding carboxylic acids is 1. The number of fused-ring (bicyclic) bond motifs is 1. The number of urea groups is 1. The van der Waals surface area contributed by atoms with Gasteiger partial charge in [-0.25, -0.2) is 9.18 Å². The number of hydrogen-bond donors (Lipinski definition) is 2. The first kappa shape index (κ1) is 19.5. The van der Waals surface area contributed by atoms with Gasteiger partial charge in [0.1, 0.15) is 12.4 Å². The highest BCUT2D eigenvalue weighted by atomic mass is 32.1. The zero-order valence-corrected chi connectivity index (χ0v) is 15.4. The fourth-order valence-electron chi connectivity index (χ4n) is 3.64. The quantitative estimate of drug-likeness (QED) is 0.530. The molecule has 8 heteroatoms. The van der Waals surface area contributed by atoms with Crippen LogP contribution in [-0.4, -0.2) is 23.7 Å². The van der Waals surface area contributed by atoms with Crippen LogP contribution in [0.2, 0.25) is 0 Å². The molecule has 1 unspecified atom stereocenters. The van der Waals surface area contributed by atoms with E-state index in [2.05, 4.69) is 17.9 Å². The number of thiol groups is 1. The minimum atomic E-state index is -4.60. The lowest BCUT2D eigenvalue weighted by Crippen LogP contribution is -2.57. The lowest BCUT2D eigenvalue weighted by atomic mass is 9.76. The van der Waals surface area contributed by atoms with Crippen molar-refractivity contribution in [2.45, 2.75) is 30.8 Å². The Labute approximate surface area is 159 Å². The minimum Gasteiger partial charge on any atom is -0.307 e. The second-order valence-electron chi connectivity index (χ2n) is 6.39. The van der Waals surface area contributed by atoms with Crippen LogP contribution >= 0.6 is 12.6 Å². The van der Waals surface area contributed by atoms with Crippen LogP contribution in [0.1, 0.15) is 30.0 Å². The van der Waals surface area contributed by atoms with Crippen molar-refractivity contribution >= 4 is 24.3 Å². The first-order chi connectivity index (χ1) is 12.7. The van der Waals surface area contributed by atoms with Crippen LogP contribution in [0.3, 0.4) is 0 Å². The summed E-state index contributed by atoms with van der Waals surface area (Å²) in [7, 11) is 0. The molecule has 2 aromatic rings. The summed E-state index contributed by atoms with van der Waals surface area (Å²) < 4.78 is 53.8. The van der Waals surface area contributed by atoms with Gasteiger partial charge in [0, 0.05) is 17.0 Å². The molecule has 0 saturated carbocycles. The van der Waals surface area contributed by atoms with Gasteiger partial charge in [-0.2, -0.15) is 25.8 Å². The third kappa shape index (κ3) is 3.50. The maximum Gasteiger partial charge on any atom is 0.406 e. The van der Waals surface area contributed by atoms with Gasteiger partial charge >= 0.3 is 12.2 Å². The molecule has 0 saturated heterocycles. The Morgan fingerprint density at radius 3 is 2.37 bits per heavy atom. The lowest BCUT2D eigenvalue weighted by molar-refractivity contribution is -0.148. The molecule has 1 atom stereocenters. The van der Waals surface area contributed by atoms with Gasteiger partial charge in [-0.15, -0.1) is 0 Å². The Bertz CT molecular complexity index is 854. The summed E-state index contributed by atoms with van der Waals surface area (Å²) in [4.78, 5) is 13.3. The van der Waals surface area contributed by atoms with Crippen LogP contribution in [-0.2, 0) is 11.3 Å². The second kappa shape index (κ2) is 7.07.